The molecule has 0 spiro atoms. The third kappa shape index (κ3) is 3.34. The van der Waals surface area contributed by atoms with Gasteiger partial charge in [0.1, 0.15) is 11.9 Å². The SMILES string of the molecule is CNc1ncccc1CN1CCO[C@H](c2cnccn2)C1. The van der Waals surface area contributed by atoms with Gasteiger partial charge in [-0.2, -0.15) is 0 Å². The van der Waals surface area contributed by atoms with Gasteiger partial charge in [-0.05, 0) is 6.07 Å². The molecule has 0 aliphatic carbocycles. The molecule has 6 heteroatoms. The first kappa shape index (κ1) is 13.9. The van der Waals surface area contributed by atoms with Crippen LogP contribution in [0.2, 0.25) is 0 Å². The number of pyridine rings is 1. The highest BCUT2D eigenvalue weighted by Gasteiger charge is 2.23. The van der Waals surface area contributed by atoms with Crippen LogP contribution in [0.15, 0.2) is 36.9 Å². The van der Waals surface area contributed by atoms with Gasteiger partial charge >= 0.3 is 0 Å². The zero-order valence-electron chi connectivity index (χ0n) is 12.1. The molecule has 0 saturated carbocycles. The lowest BCUT2D eigenvalue weighted by atomic mass is 10.1. The molecule has 2 aromatic rings. The molecule has 0 unspecified atom stereocenters. The summed E-state index contributed by atoms with van der Waals surface area (Å²) in [6, 6.07) is 4.07. The number of anilines is 1. The number of hydrogen-bond donors (Lipinski definition) is 1. The average molecular weight is 285 g/mol. The van der Waals surface area contributed by atoms with Crippen molar-refractivity contribution < 1.29 is 4.74 Å². The number of nitrogens with zero attached hydrogens (tertiary/aromatic N) is 4. The van der Waals surface area contributed by atoms with E-state index in [-0.39, 0.29) is 6.10 Å². The number of rotatable bonds is 4. The van der Waals surface area contributed by atoms with E-state index in [1.54, 1.807) is 24.8 Å². The van der Waals surface area contributed by atoms with Crippen molar-refractivity contribution in [2.24, 2.45) is 0 Å². The van der Waals surface area contributed by atoms with Crippen molar-refractivity contribution in [3.8, 4) is 0 Å². The first-order valence-electron chi connectivity index (χ1n) is 7.08. The Bertz CT molecular complexity index is 577. The van der Waals surface area contributed by atoms with Crippen molar-refractivity contribution >= 4 is 5.82 Å². The second kappa shape index (κ2) is 6.60. The van der Waals surface area contributed by atoms with E-state index in [0.717, 1.165) is 31.1 Å². The van der Waals surface area contributed by atoms with Gasteiger partial charge in [-0.3, -0.25) is 14.9 Å². The van der Waals surface area contributed by atoms with Crippen LogP contribution in [0, 0.1) is 0 Å². The van der Waals surface area contributed by atoms with Crippen LogP contribution < -0.4 is 5.32 Å². The fourth-order valence-corrected chi connectivity index (χ4v) is 2.53. The molecular weight excluding hydrogens is 266 g/mol. The minimum Gasteiger partial charge on any atom is -0.373 e. The van der Waals surface area contributed by atoms with Crippen LogP contribution in [-0.4, -0.2) is 46.6 Å². The zero-order valence-corrected chi connectivity index (χ0v) is 12.1. The first-order chi connectivity index (χ1) is 10.4. The predicted molar refractivity (Wildman–Crippen MR) is 79.8 cm³/mol. The van der Waals surface area contributed by atoms with Gasteiger partial charge in [-0.1, -0.05) is 6.07 Å². The Kier molecular flexibility index (Phi) is 4.37. The summed E-state index contributed by atoms with van der Waals surface area (Å²) in [4.78, 5) is 15.2. The van der Waals surface area contributed by atoms with Gasteiger partial charge < -0.3 is 10.1 Å². The monoisotopic (exact) mass is 285 g/mol. The summed E-state index contributed by atoms with van der Waals surface area (Å²) in [5.41, 5.74) is 2.09. The van der Waals surface area contributed by atoms with Gasteiger partial charge in [0.05, 0.1) is 18.5 Å². The summed E-state index contributed by atoms with van der Waals surface area (Å²) in [5.74, 6) is 0.931. The van der Waals surface area contributed by atoms with E-state index in [0.29, 0.717) is 6.61 Å². The summed E-state index contributed by atoms with van der Waals surface area (Å²) < 4.78 is 5.81. The first-order valence-corrected chi connectivity index (χ1v) is 7.08. The molecule has 0 aromatic carbocycles. The molecule has 0 bridgehead atoms. The fourth-order valence-electron chi connectivity index (χ4n) is 2.53. The van der Waals surface area contributed by atoms with Crippen LogP contribution >= 0.6 is 0 Å². The van der Waals surface area contributed by atoms with Crippen molar-refractivity contribution in [1.82, 2.24) is 19.9 Å². The van der Waals surface area contributed by atoms with Crippen molar-refractivity contribution in [3.63, 3.8) is 0 Å². The molecule has 0 amide bonds. The highest BCUT2D eigenvalue weighted by molar-refractivity contribution is 5.42. The summed E-state index contributed by atoms with van der Waals surface area (Å²) in [7, 11) is 1.90. The molecule has 1 aliphatic heterocycles. The number of nitrogens with one attached hydrogen (secondary N) is 1. The third-order valence-corrected chi connectivity index (χ3v) is 3.59. The number of aromatic nitrogens is 3. The molecule has 2 aromatic heterocycles. The molecule has 1 N–H and O–H groups in total. The van der Waals surface area contributed by atoms with Crippen LogP contribution in [-0.2, 0) is 11.3 Å². The lowest BCUT2D eigenvalue weighted by molar-refractivity contribution is -0.0351. The van der Waals surface area contributed by atoms with Gasteiger partial charge in [0.2, 0.25) is 0 Å². The zero-order chi connectivity index (χ0) is 14.5. The smallest absolute Gasteiger partial charge is 0.130 e. The molecule has 1 fully saturated rings. The molecule has 110 valence electrons. The maximum atomic E-state index is 5.81. The maximum absolute atomic E-state index is 5.81. The van der Waals surface area contributed by atoms with Crippen molar-refractivity contribution in [1.29, 1.82) is 0 Å². The van der Waals surface area contributed by atoms with E-state index in [1.807, 2.05) is 13.1 Å². The lowest BCUT2D eigenvalue weighted by Gasteiger charge is -2.32. The highest BCUT2D eigenvalue weighted by atomic mass is 16.5. The Morgan fingerprint density at radius 1 is 1.33 bits per heavy atom. The van der Waals surface area contributed by atoms with Crippen LogP contribution in [0.5, 0.6) is 0 Å². The van der Waals surface area contributed by atoms with E-state index in [1.165, 1.54) is 5.56 Å². The lowest BCUT2D eigenvalue weighted by Crippen LogP contribution is -2.38. The fraction of sp³-hybridized carbons (Fsp3) is 0.400. The molecule has 1 atom stereocenters. The van der Waals surface area contributed by atoms with Gasteiger partial charge in [-0.25, -0.2) is 4.98 Å². The summed E-state index contributed by atoms with van der Waals surface area (Å²) in [6.07, 6.45) is 6.95. The number of morpholine rings is 1. The van der Waals surface area contributed by atoms with Gasteiger partial charge in [0.25, 0.3) is 0 Å². The van der Waals surface area contributed by atoms with Crippen LogP contribution in [0.1, 0.15) is 17.4 Å². The Morgan fingerprint density at radius 3 is 3.10 bits per heavy atom. The number of ether oxygens (including phenoxy) is 1. The molecule has 1 saturated heterocycles. The van der Waals surface area contributed by atoms with E-state index < -0.39 is 0 Å². The van der Waals surface area contributed by atoms with Crippen LogP contribution in [0.25, 0.3) is 0 Å². The van der Waals surface area contributed by atoms with Gasteiger partial charge in [0, 0.05) is 50.8 Å². The average Bonchev–Trinajstić information content (AvgIpc) is 2.56. The number of hydrogen-bond acceptors (Lipinski definition) is 6. The Labute approximate surface area is 124 Å². The third-order valence-electron chi connectivity index (χ3n) is 3.59. The van der Waals surface area contributed by atoms with E-state index in [4.69, 9.17) is 4.74 Å². The van der Waals surface area contributed by atoms with Gasteiger partial charge in [0.15, 0.2) is 0 Å². The predicted octanol–water partition coefficient (Wildman–Crippen LogP) is 1.49. The molecule has 6 nitrogen and oxygen atoms in total. The minimum absolute atomic E-state index is 0.0119. The maximum Gasteiger partial charge on any atom is 0.130 e. The summed E-state index contributed by atoms with van der Waals surface area (Å²) >= 11 is 0. The Morgan fingerprint density at radius 2 is 2.29 bits per heavy atom. The van der Waals surface area contributed by atoms with Crippen molar-refractivity contribution in [2.45, 2.75) is 12.6 Å². The topological polar surface area (TPSA) is 63.2 Å². The van der Waals surface area contributed by atoms with Crippen LogP contribution in [0.3, 0.4) is 0 Å². The molecule has 1 aliphatic rings. The second-order valence-corrected chi connectivity index (χ2v) is 4.99. The Hall–Kier alpha value is -2.05. The standard InChI is InChI=1S/C15H19N5O/c1-16-15-12(3-2-4-19-15)10-20-7-8-21-14(11-20)13-9-17-5-6-18-13/h2-6,9,14H,7-8,10-11H2,1H3,(H,16,19)/t14-/m0/s1. The molecule has 3 rings (SSSR count). The quantitative estimate of drug-likeness (QED) is 0.918. The second-order valence-electron chi connectivity index (χ2n) is 4.99. The molecule has 3 heterocycles. The van der Waals surface area contributed by atoms with E-state index in [9.17, 15) is 0 Å². The summed E-state index contributed by atoms with van der Waals surface area (Å²) in [5, 5.41) is 3.14. The van der Waals surface area contributed by atoms with Crippen LogP contribution in [0.4, 0.5) is 5.82 Å². The van der Waals surface area contributed by atoms with Gasteiger partial charge in [-0.15, -0.1) is 0 Å². The molecule has 21 heavy (non-hydrogen) atoms. The molecule has 0 radical (unpaired) electrons. The highest BCUT2D eigenvalue weighted by Crippen LogP contribution is 2.22. The molecular formula is C15H19N5O. The largest absolute Gasteiger partial charge is 0.373 e. The minimum atomic E-state index is -0.0119. The summed E-state index contributed by atoms with van der Waals surface area (Å²) in [6.45, 7) is 3.28. The van der Waals surface area contributed by atoms with E-state index in [2.05, 4.69) is 31.2 Å². The van der Waals surface area contributed by atoms with E-state index >= 15 is 0 Å². The normalized spacial score (nSPS) is 19.4. The van der Waals surface area contributed by atoms with Crippen molar-refractivity contribution in [3.05, 3.63) is 48.2 Å². The Balaban J connectivity index is 1.69. The van der Waals surface area contributed by atoms with Crippen molar-refractivity contribution in [2.75, 3.05) is 32.1 Å².